The molecule has 1 aliphatic rings. The Hall–Kier alpha value is -0.120. The molecule has 1 N–H and O–H groups in total. The molecule has 0 aromatic rings. The van der Waals surface area contributed by atoms with E-state index in [1.807, 2.05) is 6.92 Å². The second-order valence-corrected chi connectivity index (χ2v) is 5.22. The maximum Gasteiger partial charge on any atom is 0.100 e. The van der Waals surface area contributed by atoms with Crippen LogP contribution in [0.5, 0.6) is 0 Å². The molecule has 0 amide bonds. The van der Waals surface area contributed by atoms with Crippen molar-refractivity contribution in [3.05, 3.63) is 0 Å². The molecule has 0 aromatic heterocycles. The largest absolute Gasteiger partial charge is 0.386 e. The van der Waals surface area contributed by atoms with Gasteiger partial charge in [0.05, 0.1) is 13.2 Å². The third kappa shape index (κ3) is 2.94. The van der Waals surface area contributed by atoms with E-state index in [0.29, 0.717) is 13.2 Å². The number of ether oxygens (including phenoxy) is 1. The molecule has 1 heterocycles. The topological polar surface area (TPSA) is 32.7 Å². The van der Waals surface area contributed by atoms with Gasteiger partial charge in [0.1, 0.15) is 5.60 Å². The minimum atomic E-state index is -0.663. The van der Waals surface area contributed by atoms with Crippen LogP contribution in [-0.2, 0) is 4.74 Å². The lowest BCUT2D eigenvalue weighted by Gasteiger charge is -2.38. The van der Waals surface area contributed by atoms with Gasteiger partial charge in [-0.1, -0.05) is 6.92 Å². The first-order chi connectivity index (χ1) is 6.37. The highest BCUT2D eigenvalue weighted by Gasteiger charge is 2.34. The fourth-order valence-corrected chi connectivity index (χ4v) is 1.70. The van der Waals surface area contributed by atoms with Crippen LogP contribution < -0.4 is 0 Å². The van der Waals surface area contributed by atoms with Gasteiger partial charge in [-0.15, -0.1) is 0 Å². The number of β-amino-alcohol motifs (C(OH)–C–C–N with tert-alkyl or cyclic N) is 1. The number of hydrogen-bond donors (Lipinski definition) is 1. The lowest BCUT2D eigenvalue weighted by Crippen LogP contribution is -2.50. The molecule has 1 rings (SSSR count). The van der Waals surface area contributed by atoms with E-state index in [0.717, 1.165) is 19.6 Å². The van der Waals surface area contributed by atoms with Crippen molar-refractivity contribution in [3.63, 3.8) is 0 Å². The maximum atomic E-state index is 10.2. The SMILES string of the molecule is CC[C@@]1(O)COCCN(C(C)(C)C)C1. The molecule has 3 nitrogen and oxygen atoms in total. The highest BCUT2D eigenvalue weighted by atomic mass is 16.5. The Kier molecular flexibility index (Phi) is 3.56. The number of aliphatic hydroxyl groups is 1. The number of nitrogens with zero attached hydrogens (tertiary/aromatic N) is 1. The Labute approximate surface area is 87.1 Å². The summed E-state index contributed by atoms with van der Waals surface area (Å²) in [6, 6.07) is 0. The van der Waals surface area contributed by atoms with E-state index in [9.17, 15) is 5.11 Å². The first-order valence-electron chi connectivity index (χ1n) is 5.42. The van der Waals surface area contributed by atoms with Crippen LogP contribution in [0.2, 0.25) is 0 Å². The smallest absolute Gasteiger partial charge is 0.100 e. The lowest BCUT2D eigenvalue weighted by atomic mass is 9.98. The van der Waals surface area contributed by atoms with Gasteiger partial charge in [0.25, 0.3) is 0 Å². The van der Waals surface area contributed by atoms with Gasteiger partial charge in [0.2, 0.25) is 0 Å². The van der Waals surface area contributed by atoms with Gasteiger partial charge in [0.15, 0.2) is 0 Å². The predicted octanol–water partition coefficient (Wildman–Crippen LogP) is 1.26. The van der Waals surface area contributed by atoms with Crippen molar-refractivity contribution in [3.8, 4) is 0 Å². The van der Waals surface area contributed by atoms with Crippen LogP contribution in [-0.4, -0.2) is 47.4 Å². The zero-order valence-corrected chi connectivity index (χ0v) is 9.84. The third-order valence-electron chi connectivity index (χ3n) is 2.97. The third-order valence-corrected chi connectivity index (χ3v) is 2.97. The van der Waals surface area contributed by atoms with Crippen LogP contribution in [0.25, 0.3) is 0 Å². The molecule has 0 aliphatic carbocycles. The van der Waals surface area contributed by atoms with Gasteiger partial charge >= 0.3 is 0 Å². The molecule has 0 spiro atoms. The molecular formula is C11H23NO2. The molecule has 14 heavy (non-hydrogen) atoms. The molecule has 1 atom stereocenters. The average Bonchev–Trinajstić information content (AvgIpc) is 2.27. The van der Waals surface area contributed by atoms with Gasteiger partial charge < -0.3 is 9.84 Å². The summed E-state index contributed by atoms with van der Waals surface area (Å²) < 4.78 is 5.43. The Morgan fingerprint density at radius 2 is 2.07 bits per heavy atom. The van der Waals surface area contributed by atoms with Crippen LogP contribution in [0.3, 0.4) is 0 Å². The molecule has 1 fully saturated rings. The summed E-state index contributed by atoms with van der Waals surface area (Å²) in [4.78, 5) is 2.30. The van der Waals surface area contributed by atoms with Crippen molar-refractivity contribution in [2.45, 2.75) is 45.3 Å². The van der Waals surface area contributed by atoms with E-state index in [1.54, 1.807) is 0 Å². The van der Waals surface area contributed by atoms with Crippen molar-refractivity contribution >= 4 is 0 Å². The summed E-state index contributed by atoms with van der Waals surface area (Å²) in [5, 5.41) is 10.2. The monoisotopic (exact) mass is 201 g/mol. The van der Waals surface area contributed by atoms with Gasteiger partial charge in [-0.2, -0.15) is 0 Å². The van der Waals surface area contributed by atoms with Crippen LogP contribution in [0.1, 0.15) is 34.1 Å². The van der Waals surface area contributed by atoms with Crippen molar-refractivity contribution in [1.29, 1.82) is 0 Å². The van der Waals surface area contributed by atoms with Gasteiger partial charge in [-0.05, 0) is 27.2 Å². The van der Waals surface area contributed by atoms with E-state index in [4.69, 9.17) is 4.74 Å². The fraction of sp³-hybridized carbons (Fsp3) is 1.00. The van der Waals surface area contributed by atoms with Gasteiger partial charge in [0, 0.05) is 18.6 Å². The molecule has 1 saturated heterocycles. The molecule has 84 valence electrons. The zero-order valence-electron chi connectivity index (χ0n) is 9.84. The van der Waals surface area contributed by atoms with Gasteiger partial charge in [-0.3, -0.25) is 4.90 Å². The second kappa shape index (κ2) is 4.17. The predicted molar refractivity (Wildman–Crippen MR) is 57.4 cm³/mol. The number of hydrogen-bond acceptors (Lipinski definition) is 3. The maximum absolute atomic E-state index is 10.2. The second-order valence-electron chi connectivity index (χ2n) is 5.22. The summed E-state index contributed by atoms with van der Waals surface area (Å²) >= 11 is 0. The summed E-state index contributed by atoms with van der Waals surface area (Å²) in [7, 11) is 0. The van der Waals surface area contributed by atoms with Crippen molar-refractivity contribution < 1.29 is 9.84 Å². The molecule has 0 saturated carbocycles. The summed E-state index contributed by atoms with van der Waals surface area (Å²) in [5.74, 6) is 0. The highest BCUT2D eigenvalue weighted by molar-refractivity contribution is 4.88. The Morgan fingerprint density at radius 3 is 2.57 bits per heavy atom. The average molecular weight is 201 g/mol. The van der Waals surface area contributed by atoms with E-state index in [-0.39, 0.29) is 5.54 Å². The quantitative estimate of drug-likeness (QED) is 0.693. The van der Waals surface area contributed by atoms with E-state index < -0.39 is 5.60 Å². The van der Waals surface area contributed by atoms with Crippen LogP contribution >= 0.6 is 0 Å². The molecule has 1 aliphatic heterocycles. The molecule has 0 unspecified atom stereocenters. The summed E-state index contributed by atoms with van der Waals surface area (Å²) in [6.45, 7) is 11.3. The molecule has 0 bridgehead atoms. The van der Waals surface area contributed by atoms with Crippen LogP contribution in [0.15, 0.2) is 0 Å². The van der Waals surface area contributed by atoms with E-state index >= 15 is 0 Å². The molecule has 0 aromatic carbocycles. The van der Waals surface area contributed by atoms with E-state index in [2.05, 4.69) is 25.7 Å². The number of rotatable bonds is 1. The zero-order chi connectivity index (χ0) is 10.8. The van der Waals surface area contributed by atoms with Crippen LogP contribution in [0, 0.1) is 0 Å². The standard InChI is InChI=1S/C11H23NO2/c1-5-11(13)8-12(10(2,3)4)6-7-14-9-11/h13H,5-9H2,1-4H3/t11-/m0/s1. The van der Waals surface area contributed by atoms with Gasteiger partial charge in [-0.25, -0.2) is 0 Å². The van der Waals surface area contributed by atoms with Crippen molar-refractivity contribution in [2.24, 2.45) is 0 Å². The molecule has 0 radical (unpaired) electrons. The van der Waals surface area contributed by atoms with E-state index in [1.165, 1.54) is 0 Å². The fourth-order valence-electron chi connectivity index (χ4n) is 1.70. The van der Waals surface area contributed by atoms with Crippen LogP contribution in [0.4, 0.5) is 0 Å². The normalized spacial score (nSPS) is 31.5. The molecule has 3 heteroatoms. The lowest BCUT2D eigenvalue weighted by molar-refractivity contribution is -0.0465. The Morgan fingerprint density at radius 1 is 1.43 bits per heavy atom. The Bertz CT molecular complexity index is 188. The minimum Gasteiger partial charge on any atom is -0.386 e. The minimum absolute atomic E-state index is 0.108. The first-order valence-corrected chi connectivity index (χ1v) is 5.42. The summed E-state index contributed by atoms with van der Waals surface area (Å²) in [5.41, 5.74) is -0.555. The van der Waals surface area contributed by atoms with Crippen molar-refractivity contribution in [1.82, 2.24) is 4.90 Å². The molecular weight excluding hydrogens is 178 g/mol. The van der Waals surface area contributed by atoms with Crippen molar-refractivity contribution in [2.75, 3.05) is 26.3 Å². The first kappa shape index (κ1) is 12.0. The Balaban J connectivity index is 2.70. The summed E-state index contributed by atoms with van der Waals surface area (Å²) in [6.07, 6.45) is 0.750. The highest BCUT2D eigenvalue weighted by Crippen LogP contribution is 2.22.